The third-order valence-corrected chi connectivity index (χ3v) is 17.3. The summed E-state index contributed by atoms with van der Waals surface area (Å²) < 4.78 is 11.5. The van der Waals surface area contributed by atoms with Crippen LogP contribution in [-0.4, -0.2) is 22.2 Å². The number of aromatic nitrogens is 3. The van der Waals surface area contributed by atoms with Crippen LogP contribution in [0.15, 0.2) is 170 Å². The molecule has 7 heteroatoms. The predicted octanol–water partition coefficient (Wildman–Crippen LogP) is 18.3. The van der Waals surface area contributed by atoms with E-state index in [-0.39, 0.29) is 37.3 Å². The fourth-order valence-electron chi connectivity index (χ4n) is 11.1. The van der Waals surface area contributed by atoms with Crippen LogP contribution in [-0.2, 0) is 37.3 Å². The van der Waals surface area contributed by atoms with E-state index < -0.39 is 8.07 Å². The van der Waals surface area contributed by atoms with Crippen LogP contribution in [0, 0.1) is 18.8 Å². The molecule has 8 aromatic carbocycles. The largest absolute Gasteiger partial charge is 0.509 e. The van der Waals surface area contributed by atoms with E-state index >= 15 is 0 Å². The van der Waals surface area contributed by atoms with Crippen molar-refractivity contribution in [1.82, 2.24) is 14.1 Å². The number of benzene rings is 8. The van der Waals surface area contributed by atoms with E-state index in [4.69, 9.17) is 9.72 Å². The Morgan fingerprint density at radius 1 is 0.500 bits per heavy atom. The number of hydrogen-bond acceptors (Lipinski definition) is 3. The van der Waals surface area contributed by atoms with Gasteiger partial charge in [-0.15, -0.1) is 35.7 Å². The van der Waals surface area contributed by atoms with Gasteiger partial charge >= 0.3 is 0 Å². The summed E-state index contributed by atoms with van der Waals surface area (Å²) in [7, 11) is -1.76. The standard InChI is InChI=1S/C69H65N4OSi.Pt/c1-67(2,3)45-30-32-55-53-22-13-14-23-54(53)58-27-19-29-62-66(58)72(65-52(25-18-26-59(65)60(55)39-45)44-36-47(69(7,8)9)38-51(37-44)75(10,11)12)43-71(62)48-20-17-21-49(41-48)74-50-31-33-57-56-24-15-16-28-61(56)73(63(57)42-50)64-40-46(34-35-70-64)68(4,5)6;/h13-40,43H,1-12H3;/q-3;. The van der Waals surface area contributed by atoms with E-state index in [2.05, 4.69) is 266 Å². The number of hydrogen-bond donors (Lipinski definition) is 0. The van der Waals surface area contributed by atoms with Crippen molar-refractivity contribution in [3.05, 3.63) is 205 Å². The fourth-order valence-corrected chi connectivity index (χ4v) is 12.2. The molecule has 0 amide bonds. The van der Waals surface area contributed by atoms with Crippen molar-refractivity contribution in [2.45, 2.75) is 98.2 Å². The van der Waals surface area contributed by atoms with Gasteiger partial charge in [0.2, 0.25) is 0 Å². The zero-order chi connectivity index (χ0) is 52.3. The summed E-state index contributed by atoms with van der Waals surface area (Å²) in [4.78, 5) is 7.20. The van der Waals surface area contributed by atoms with Gasteiger partial charge in [0.05, 0.1) is 8.07 Å². The molecule has 0 radical (unpaired) electrons. The summed E-state index contributed by atoms with van der Waals surface area (Å²) in [6, 6.07) is 67.8. The van der Waals surface area contributed by atoms with Gasteiger partial charge < -0.3 is 18.8 Å². The van der Waals surface area contributed by atoms with Gasteiger partial charge in [0.15, 0.2) is 0 Å². The Kier molecular flexibility index (Phi) is 12.5. The van der Waals surface area contributed by atoms with Crippen LogP contribution in [0.1, 0.15) is 79.0 Å². The van der Waals surface area contributed by atoms with E-state index in [0.717, 1.165) is 55.4 Å². The predicted molar refractivity (Wildman–Crippen MR) is 321 cm³/mol. The average Bonchev–Trinajstić information content (AvgIpc) is 4.00. The van der Waals surface area contributed by atoms with Gasteiger partial charge in [-0.05, 0) is 124 Å². The molecule has 12 rings (SSSR count). The minimum absolute atomic E-state index is 0. The van der Waals surface area contributed by atoms with E-state index in [1.165, 1.54) is 59.9 Å². The number of nitrogens with zero attached hydrogens (tertiary/aromatic N) is 4. The molecule has 3 aromatic heterocycles. The Morgan fingerprint density at radius 2 is 1.11 bits per heavy atom. The minimum Gasteiger partial charge on any atom is -0.509 e. The first-order valence-corrected chi connectivity index (χ1v) is 29.9. The Balaban J connectivity index is 0.00000616. The van der Waals surface area contributed by atoms with E-state index in [0.29, 0.717) is 11.5 Å². The maximum absolute atomic E-state index is 6.82. The van der Waals surface area contributed by atoms with Crippen molar-refractivity contribution in [3.63, 3.8) is 0 Å². The molecule has 11 aromatic rings. The SMILES string of the molecule is CC(C)(C)c1cc(-c2cccc3c4cc(C(C)(C)C)ccc4c4ccccc4c4cccc5c4n(c23)[CH-]N5c2[c-]c(Oc3[c-]c4c(cc3)c3ccccc3n4-c3cc(C(C)(C)C)ccn3)ccc2)cc([Si](C)(C)C)c1.[Pt]. The molecule has 384 valence electrons. The maximum Gasteiger partial charge on any atom is 0.135 e. The fraction of sp³-hybridized carbons (Fsp3) is 0.217. The smallest absolute Gasteiger partial charge is 0.135 e. The first-order chi connectivity index (χ1) is 35.7. The zero-order valence-corrected chi connectivity index (χ0v) is 49.0. The second-order valence-corrected chi connectivity index (χ2v) is 29.8. The van der Waals surface area contributed by atoms with Crippen LogP contribution >= 0.6 is 0 Å². The quantitative estimate of drug-likeness (QED) is 0.123. The Labute approximate surface area is 463 Å². The number of anilines is 2. The monoisotopic (exact) mass is 1190 g/mol. The molecule has 0 saturated carbocycles. The maximum atomic E-state index is 6.82. The summed E-state index contributed by atoms with van der Waals surface area (Å²) in [6.07, 6.45) is 1.91. The molecule has 0 spiro atoms. The first kappa shape index (κ1) is 51.0. The number of rotatable bonds is 6. The molecule has 5 nitrogen and oxygen atoms in total. The number of fused-ring (bicyclic) bond motifs is 10. The summed E-state index contributed by atoms with van der Waals surface area (Å²) >= 11 is 0. The summed E-state index contributed by atoms with van der Waals surface area (Å²) in [5.74, 6) is 2.05. The van der Waals surface area contributed by atoms with Gasteiger partial charge in [-0.25, -0.2) is 4.98 Å². The molecule has 0 aliphatic carbocycles. The van der Waals surface area contributed by atoms with E-state index in [1.54, 1.807) is 0 Å². The third-order valence-electron chi connectivity index (χ3n) is 15.3. The number of para-hydroxylation sites is 3. The summed E-state index contributed by atoms with van der Waals surface area (Å²) in [6.45, 7) is 30.3. The van der Waals surface area contributed by atoms with Crippen molar-refractivity contribution in [3.8, 4) is 28.4 Å². The van der Waals surface area contributed by atoms with Gasteiger partial charge in [-0.1, -0.05) is 208 Å². The Morgan fingerprint density at radius 3 is 1.83 bits per heavy atom. The van der Waals surface area contributed by atoms with Gasteiger partial charge in [0.1, 0.15) is 5.82 Å². The Hall–Kier alpha value is -7.11. The Bertz CT molecular complexity index is 4160. The summed E-state index contributed by atoms with van der Waals surface area (Å²) in [5, 5.41) is 10.9. The molecule has 1 aliphatic heterocycles. The van der Waals surface area contributed by atoms with E-state index in [9.17, 15) is 0 Å². The molecule has 1 aliphatic rings. The average molecular weight is 1190 g/mol. The van der Waals surface area contributed by atoms with Crippen molar-refractivity contribution in [2.75, 3.05) is 4.90 Å². The molecular weight excluding hydrogens is 1120 g/mol. The van der Waals surface area contributed by atoms with Crippen LogP contribution in [0.5, 0.6) is 11.5 Å². The number of pyridine rings is 1. The van der Waals surface area contributed by atoms with Gasteiger partial charge in [-0.3, -0.25) is 0 Å². The molecule has 0 fully saturated rings. The van der Waals surface area contributed by atoms with Crippen LogP contribution < -0.4 is 14.8 Å². The van der Waals surface area contributed by atoms with Gasteiger partial charge in [-0.2, -0.15) is 12.1 Å². The molecule has 0 saturated heterocycles. The normalized spacial score (nSPS) is 13.0. The second kappa shape index (κ2) is 18.6. The minimum atomic E-state index is -1.76. The van der Waals surface area contributed by atoms with Crippen molar-refractivity contribution < 1.29 is 25.8 Å². The molecular formula is C69H65N4OPtSi-3. The molecule has 4 heterocycles. The second-order valence-electron chi connectivity index (χ2n) is 24.7. The van der Waals surface area contributed by atoms with Crippen molar-refractivity contribution in [2.24, 2.45) is 0 Å². The van der Waals surface area contributed by atoms with Crippen LogP contribution in [0.2, 0.25) is 19.6 Å². The van der Waals surface area contributed by atoms with Crippen LogP contribution in [0.4, 0.5) is 11.4 Å². The topological polar surface area (TPSA) is 35.2 Å². The van der Waals surface area contributed by atoms with Gasteiger partial charge in [0, 0.05) is 50.0 Å². The molecule has 0 bridgehead atoms. The summed E-state index contributed by atoms with van der Waals surface area (Å²) in [5.41, 5.74) is 12.3. The van der Waals surface area contributed by atoms with E-state index in [1.807, 2.05) is 18.3 Å². The zero-order valence-electron chi connectivity index (χ0n) is 45.8. The van der Waals surface area contributed by atoms with Crippen LogP contribution in [0.25, 0.3) is 82.1 Å². The third kappa shape index (κ3) is 8.87. The van der Waals surface area contributed by atoms with Crippen molar-refractivity contribution >= 4 is 89.8 Å². The van der Waals surface area contributed by atoms with Gasteiger partial charge in [0.25, 0.3) is 0 Å². The molecule has 0 atom stereocenters. The molecule has 0 unspecified atom stereocenters. The molecule has 0 N–H and O–H groups in total. The molecule has 76 heavy (non-hydrogen) atoms. The first-order valence-electron chi connectivity index (χ1n) is 26.4. The van der Waals surface area contributed by atoms with Crippen molar-refractivity contribution in [1.29, 1.82) is 0 Å². The number of ether oxygens (including phenoxy) is 1. The van der Waals surface area contributed by atoms with Crippen LogP contribution in [0.3, 0.4) is 0 Å².